The number of hydrogen-bond donors (Lipinski definition) is 3. The number of aliphatic hydroxyl groups is 1. The lowest BCUT2D eigenvalue weighted by Crippen LogP contribution is -2.43. The number of amides is 1. The molecule has 18 heavy (non-hydrogen) atoms. The molecule has 4 heteroatoms. The third-order valence-corrected chi connectivity index (χ3v) is 2.87. The summed E-state index contributed by atoms with van der Waals surface area (Å²) in [6, 6.07) is 8.50. The van der Waals surface area contributed by atoms with Crippen molar-refractivity contribution in [3.8, 4) is 0 Å². The number of rotatable bonds is 6. The Morgan fingerprint density at radius 1 is 1.44 bits per heavy atom. The van der Waals surface area contributed by atoms with Crippen molar-refractivity contribution in [2.45, 2.75) is 38.3 Å². The Kier molecular flexibility index (Phi) is 5.31. The van der Waals surface area contributed by atoms with Crippen LogP contribution < -0.4 is 11.1 Å². The van der Waals surface area contributed by atoms with Crippen molar-refractivity contribution in [3.63, 3.8) is 0 Å². The Morgan fingerprint density at radius 2 is 2.06 bits per heavy atom. The largest absolute Gasteiger partial charge is 0.388 e. The van der Waals surface area contributed by atoms with Crippen LogP contribution in [0.5, 0.6) is 0 Å². The van der Waals surface area contributed by atoms with Crippen LogP contribution in [-0.4, -0.2) is 23.2 Å². The lowest BCUT2D eigenvalue weighted by Gasteiger charge is -2.24. The molecule has 1 aromatic rings. The van der Waals surface area contributed by atoms with Gasteiger partial charge in [0.15, 0.2) is 0 Å². The summed E-state index contributed by atoms with van der Waals surface area (Å²) in [5, 5.41) is 12.7. The summed E-state index contributed by atoms with van der Waals surface area (Å²) in [5.74, 6) is -0.266. The normalized spacial score (nSPS) is 15.8. The second kappa shape index (κ2) is 6.52. The van der Waals surface area contributed by atoms with Gasteiger partial charge in [-0.25, -0.2) is 0 Å². The van der Waals surface area contributed by atoms with Crippen molar-refractivity contribution in [2.75, 3.05) is 6.54 Å². The van der Waals surface area contributed by atoms with Gasteiger partial charge in [0.05, 0.1) is 5.60 Å². The second-order valence-corrected chi connectivity index (χ2v) is 4.85. The summed E-state index contributed by atoms with van der Waals surface area (Å²) in [7, 11) is 0. The fourth-order valence-electron chi connectivity index (χ4n) is 1.83. The number of benzene rings is 1. The molecule has 0 aliphatic heterocycles. The SMILES string of the molecule is CCCC(C)(O)CNC(=O)C(N)c1ccccc1. The molecule has 0 aromatic heterocycles. The summed E-state index contributed by atoms with van der Waals surface area (Å²) < 4.78 is 0. The average Bonchev–Trinajstić information content (AvgIpc) is 2.36. The van der Waals surface area contributed by atoms with Crippen LogP contribution >= 0.6 is 0 Å². The van der Waals surface area contributed by atoms with Crippen LogP contribution in [0.1, 0.15) is 38.3 Å². The standard InChI is InChI=1S/C14H22N2O2/c1-3-9-14(2,18)10-16-13(17)12(15)11-7-5-4-6-8-11/h4-8,12,18H,3,9-10,15H2,1-2H3,(H,16,17). The van der Waals surface area contributed by atoms with Gasteiger partial charge in [0, 0.05) is 6.54 Å². The van der Waals surface area contributed by atoms with E-state index in [1.807, 2.05) is 37.3 Å². The van der Waals surface area contributed by atoms with E-state index in [0.29, 0.717) is 6.42 Å². The summed E-state index contributed by atoms with van der Waals surface area (Å²) in [5.41, 5.74) is 5.74. The van der Waals surface area contributed by atoms with Gasteiger partial charge in [-0.1, -0.05) is 43.7 Å². The van der Waals surface area contributed by atoms with Crippen LogP contribution in [0.4, 0.5) is 0 Å². The molecule has 0 aliphatic carbocycles. The van der Waals surface area contributed by atoms with Crippen LogP contribution in [0.2, 0.25) is 0 Å². The van der Waals surface area contributed by atoms with Crippen LogP contribution in [0.25, 0.3) is 0 Å². The van der Waals surface area contributed by atoms with Crippen molar-refractivity contribution < 1.29 is 9.90 Å². The van der Waals surface area contributed by atoms with Gasteiger partial charge in [-0.15, -0.1) is 0 Å². The Hall–Kier alpha value is -1.39. The topological polar surface area (TPSA) is 75.3 Å². The van der Waals surface area contributed by atoms with E-state index in [1.165, 1.54) is 0 Å². The summed E-state index contributed by atoms with van der Waals surface area (Å²) >= 11 is 0. The van der Waals surface area contributed by atoms with E-state index >= 15 is 0 Å². The predicted molar refractivity (Wildman–Crippen MR) is 71.9 cm³/mol. The van der Waals surface area contributed by atoms with Crippen LogP contribution in [0.15, 0.2) is 30.3 Å². The zero-order valence-corrected chi connectivity index (χ0v) is 11.0. The molecule has 0 aliphatic rings. The minimum absolute atomic E-state index is 0.222. The summed E-state index contributed by atoms with van der Waals surface area (Å²) in [6.45, 7) is 3.93. The van der Waals surface area contributed by atoms with Crippen LogP contribution in [0, 0.1) is 0 Å². The van der Waals surface area contributed by atoms with E-state index < -0.39 is 11.6 Å². The molecule has 100 valence electrons. The molecule has 0 heterocycles. The minimum Gasteiger partial charge on any atom is -0.388 e. The van der Waals surface area contributed by atoms with Gasteiger partial charge in [-0.05, 0) is 18.9 Å². The van der Waals surface area contributed by atoms with Crippen LogP contribution in [-0.2, 0) is 4.79 Å². The molecule has 4 nitrogen and oxygen atoms in total. The second-order valence-electron chi connectivity index (χ2n) is 4.85. The first-order valence-electron chi connectivity index (χ1n) is 6.27. The molecule has 1 rings (SSSR count). The Bertz CT molecular complexity index is 377. The van der Waals surface area contributed by atoms with Crippen molar-refractivity contribution in [1.29, 1.82) is 0 Å². The maximum Gasteiger partial charge on any atom is 0.241 e. The minimum atomic E-state index is -0.874. The molecular weight excluding hydrogens is 228 g/mol. The number of nitrogens with one attached hydrogen (secondary N) is 1. The molecule has 2 atom stereocenters. The van der Waals surface area contributed by atoms with E-state index in [4.69, 9.17) is 5.73 Å². The van der Waals surface area contributed by atoms with Gasteiger partial charge in [0.25, 0.3) is 0 Å². The highest BCUT2D eigenvalue weighted by atomic mass is 16.3. The molecule has 0 radical (unpaired) electrons. The molecule has 0 spiro atoms. The lowest BCUT2D eigenvalue weighted by atomic mass is 10.0. The van der Waals surface area contributed by atoms with Gasteiger partial charge < -0.3 is 16.2 Å². The Balaban J connectivity index is 2.51. The van der Waals surface area contributed by atoms with E-state index in [-0.39, 0.29) is 12.5 Å². The molecule has 1 aromatic carbocycles. The van der Waals surface area contributed by atoms with Gasteiger partial charge in [0.1, 0.15) is 6.04 Å². The highest BCUT2D eigenvalue weighted by Crippen LogP contribution is 2.12. The van der Waals surface area contributed by atoms with Gasteiger partial charge in [-0.3, -0.25) is 4.79 Å². The fourth-order valence-corrected chi connectivity index (χ4v) is 1.83. The summed E-state index contributed by atoms with van der Waals surface area (Å²) in [6.07, 6.45) is 1.52. The zero-order valence-electron chi connectivity index (χ0n) is 11.0. The predicted octanol–water partition coefficient (Wildman–Crippen LogP) is 1.35. The highest BCUT2D eigenvalue weighted by Gasteiger charge is 2.22. The fraction of sp³-hybridized carbons (Fsp3) is 0.500. The number of hydrogen-bond acceptors (Lipinski definition) is 3. The van der Waals surface area contributed by atoms with Gasteiger partial charge in [-0.2, -0.15) is 0 Å². The van der Waals surface area contributed by atoms with Crippen molar-refractivity contribution in [2.24, 2.45) is 5.73 Å². The zero-order chi connectivity index (χ0) is 13.6. The number of carbonyl (C=O) groups excluding carboxylic acids is 1. The third-order valence-electron chi connectivity index (χ3n) is 2.87. The van der Waals surface area contributed by atoms with E-state index in [0.717, 1.165) is 12.0 Å². The van der Waals surface area contributed by atoms with Gasteiger partial charge in [0.2, 0.25) is 5.91 Å². The maximum atomic E-state index is 11.8. The number of nitrogens with two attached hydrogens (primary N) is 1. The molecular formula is C14H22N2O2. The monoisotopic (exact) mass is 250 g/mol. The molecule has 0 bridgehead atoms. The first kappa shape index (κ1) is 14.7. The molecule has 0 fully saturated rings. The number of carbonyl (C=O) groups is 1. The van der Waals surface area contributed by atoms with E-state index in [9.17, 15) is 9.90 Å². The van der Waals surface area contributed by atoms with Crippen LogP contribution in [0.3, 0.4) is 0 Å². The smallest absolute Gasteiger partial charge is 0.241 e. The third kappa shape index (κ3) is 4.47. The van der Waals surface area contributed by atoms with Crippen molar-refractivity contribution in [3.05, 3.63) is 35.9 Å². The Morgan fingerprint density at radius 3 is 2.61 bits per heavy atom. The quantitative estimate of drug-likeness (QED) is 0.713. The molecule has 2 unspecified atom stereocenters. The molecule has 0 saturated carbocycles. The average molecular weight is 250 g/mol. The van der Waals surface area contributed by atoms with Crippen molar-refractivity contribution >= 4 is 5.91 Å². The lowest BCUT2D eigenvalue weighted by molar-refractivity contribution is -0.123. The molecule has 4 N–H and O–H groups in total. The van der Waals surface area contributed by atoms with E-state index in [1.54, 1.807) is 6.92 Å². The summed E-state index contributed by atoms with van der Waals surface area (Å²) in [4.78, 5) is 11.8. The van der Waals surface area contributed by atoms with Crippen molar-refractivity contribution in [1.82, 2.24) is 5.32 Å². The Labute approximate surface area is 108 Å². The van der Waals surface area contributed by atoms with E-state index in [2.05, 4.69) is 5.32 Å². The molecule has 0 saturated heterocycles. The molecule has 1 amide bonds. The highest BCUT2D eigenvalue weighted by molar-refractivity contribution is 5.82. The first-order valence-corrected chi connectivity index (χ1v) is 6.27. The van der Waals surface area contributed by atoms with Gasteiger partial charge >= 0.3 is 0 Å². The first-order chi connectivity index (χ1) is 8.46. The maximum absolute atomic E-state index is 11.8.